The van der Waals surface area contributed by atoms with E-state index in [4.69, 9.17) is 4.74 Å². The maximum absolute atomic E-state index is 4.83. The van der Waals surface area contributed by atoms with Crippen LogP contribution in [0.25, 0.3) is 0 Å². The topological polar surface area (TPSA) is 21.3 Å². The summed E-state index contributed by atoms with van der Waals surface area (Å²) in [5.74, 6) is 0. The van der Waals surface area contributed by atoms with Crippen LogP contribution in [-0.4, -0.2) is 19.9 Å². The van der Waals surface area contributed by atoms with E-state index in [0.717, 1.165) is 19.9 Å². The largest absolute Gasteiger partial charge is 0.365 e. The first-order chi connectivity index (χ1) is 5.89. The van der Waals surface area contributed by atoms with Crippen molar-refractivity contribution in [3.05, 3.63) is 35.9 Å². The monoisotopic (exact) mass is 165 g/mol. The highest BCUT2D eigenvalue weighted by atomic mass is 16.5. The third-order valence-electron chi connectivity index (χ3n) is 1.57. The molecule has 0 bridgehead atoms. The molecule has 0 amide bonds. The standard InChI is InChI=1S/C7H8.C3H7NO/c1-7-5-3-2-4-6-7;1-2-5-3-4-1/h2-6H,1H3;4H,1-3H2. The third kappa shape index (κ3) is 4.11. The van der Waals surface area contributed by atoms with Crippen molar-refractivity contribution in [1.29, 1.82) is 0 Å². The Kier molecular flexibility index (Phi) is 4.42. The smallest absolute Gasteiger partial charge is 0.0966 e. The van der Waals surface area contributed by atoms with Crippen molar-refractivity contribution in [2.45, 2.75) is 6.92 Å². The van der Waals surface area contributed by atoms with Gasteiger partial charge in [0, 0.05) is 6.54 Å². The van der Waals surface area contributed by atoms with Gasteiger partial charge in [0.15, 0.2) is 0 Å². The molecule has 2 heteroatoms. The molecule has 0 aromatic heterocycles. The van der Waals surface area contributed by atoms with Gasteiger partial charge in [-0.25, -0.2) is 0 Å². The molecule has 0 radical (unpaired) electrons. The molecular formula is C10H15NO. The van der Waals surface area contributed by atoms with Crippen LogP contribution in [0.15, 0.2) is 30.3 Å². The first-order valence-corrected chi connectivity index (χ1v) is 4.20. The van der Waals surface area contributed by atoms with Gasteiger partial charge in [-0.1, -0.05) is 35.9 Å². The van der Waals surface area contributed by atoms with Gasteiger partial charge < -0.3 is 4.74 Å². The van der Waals surface area contributed by atoms with Crippen LogP contribution in [0.1, 0.15) is 5.56 Å². The van der Waals surface area contributed by atoms with E-state index in [1.165, 1.54) is 5.56 Å². The average Bonchev–Trinajstić information content (AvgIpc) is 2.62. The Bertz CT molecular complexity index is 187. The highest BCUT2D eigenvalue weighted by Gasteiger charge is 1.92. The molecule has 1 N–H and O–H groups in total. The number of rotatable bonds is 0. The van der Waals surface area contributed by atoms with E-state index in [9.17, 15) is 0 Å². The predicted octanol–water partition coefficient (Wildman–Crippen LogP) is 1.56. The van der Waals surface area contributed by atoms with E-state index >= 15 is 0 Å². The fourth-order valence-electron chi connectivity index (χ4n) is 0.895. The van der Waals surface area contributed by atoms with Crippen LogP contribution in [0.5, 0.6) is 0 Å². The molecule has 1 aromatic rings. The third-order valence-corrected chi connectivity index (χ3v) is 1.57. The molecule has 0 unspecified atom stereocenters. The molecule has 1 aliphatic rings. The molecule has 0 aliphatic carbocycles. The second-order valence-electron chi connectivity index (χ2n) is 2.71. The Morgan fingerprint density at radius 2 is 2.00 bits per heavy atom. The zero-order chi connectivity index (χ0) is 8.65. The Hall–Kier alpha value is -0.860. The van der Waals surface area contributed by atoms with Gasteiger partial charge in [-0.15, -0.1) is 0 Å². The van der Waals surface area contributed by atoms with Crippen LogP contribution in [0.2, 0.25) is 0 Å². The minimum atomic E-state index is 0.750. The summed E-state index contributed by atoms with van der Waals surface area (Å²) in [5, 5.41) is 3.00. The van der Waals surface area contributed by atoms with Gasteiger partial charge >= 0.3 is 0 Å². The second-order valence-corrected chi connectivity index (χ2v) is 2.71. The van der Waals surface area contributed by atoms with Crippen LogP contribution in [0, 0.1) is 6.92 Å². The number of aryl methyl sites for hydroxylation is 1. The lowest BCUT2D eigenvalue weighted by molar-refractivity contribution is 0.194. The fraction of sp³-hybridized carbons (Fsp3) is 0.400. The normalized spacial score (nSPS) is 15.1. The van der Waals surface area contributed by atoms with Crippen LogP contribution in [0.4, 0.5) is 0 Å². The Labute approximate surface area is 73.6 Å². The highest BCUT2D eigenvalue weighted by Crippen LogP contribution is 1.92. The summed E-state index contributed by atoms with van der Waals surface area (Å²) < 4.78 is 4.83. The van der Waals surface area contributed by atoms with Crippen LogP contribution < -0.4 is 5.32 Å². The van der Waals surface area contributed by atoms with Gasteiger partial charge in [0.2, 0.25) is 0 Å². The number of nitrogens with one attached hydrogen (secondary N) is 1. The molecule has 1 saturated heterocycles. The minimum absolute atomic E-state index is 0.750. The van der Waals surface area contributed by atoms with Crippen molar-refractivity contribution in [3.63, 3.8) is 0 Å². The van der Waals surface area contributed by atoms with Crippen LogP contribution in [0.3, 0.4) is 0 Å². The van der Waals surface area contributed by atoms with Gasteiger partial charge in [0.05, 0.1) is 13.3 Å². The second kappa shape index (κ2) is 5.75. The predicted molar refractivity (Wildman–Crippen MR) is 50.0 cm³/mol. The zero-order valence-electron chi connectivity index (χ0n) is 7.42. The average molecular weight is 165 g/mol. The molecule has 66 valence electrons. The van der Waals surface area contributed by atoms with Crippen molar-refractivity contribution in [2.24, 2.45) is 0 Å². The fourth-order valence-corrected chi connectivity index (χ4v) is 0.895. The van der Waals surface area contributed by atoms with E-state index < -0.39 is 0 Å². The molecule has 1 fully saturated rings. The van der Waals surface area contributed by atoms with E-state index in [1.54, 1.807) is 0 Å². The first kappa shape index (κ1) is 9.23. The molecule has 1 aromatic carbocycles. The van der Waals surface area contributed by atoms with Gasteiger partial charge in [-0.3, -0.25) is 5.32 Å². The van der Waals surface area contributed by atoms with Crippen molar-refractivity contribution in [3.8, 4) is 0 Å². The number of benzene rings is 1. The summed E-state index contributed by atoms with van der Waals surface area (Å²) in [4.78, 5) is 0. The molecule has 12 heavy (non-hydrogen) atoms. The number of hydrogen-bond donors (Lipinski definition) is 1. The van der Waals surface area contributed by atoms with E-state index in [-0.39, 0.29) is 0 Å². The lowest BCUT2D eigenvalue weighted by Gasteiger charge is -1.82. The van der Waals surface area contributed by atoms with Gasteiger partial charge in [-0.2, -0.15) is 0 Å². The van der Waals surface area contributed by atoms with E-state index in [1.807, 2.05) is 18.2 Å². The lowest BCUT2D eigenvalue weighted by Crippen LogP contribution is -2.05. The molecule has 2 nitrogen and oxygen atoms in total. The molecule has 0 atom stereocenters. The Balaban J connectivity index is 0.000000127. The van der Waals surface area contributed by atoms with E-state index in [2.05, 4.69) is 24.4 Å². The summed E-state index contributed by atoms with van der Waals surface area (Å²) in [7, 11) is 0. The van der Waals surface area contributed by atoms with Gasteiger partial charge in [0.1, 0.15) is 0 Å². The van der Waals surface area contributed by atoms with Crippen molar-refractivity contribution < 1.29 is 4.74 Å². The minimum Gasteiger partial charge on any atom is -0.365 e. The molecule has 0 spiro atoms. The Morgan fingerprint density at radius 3 is 2.25 bits per heavy atom. The van der Waals surface area contributed by atoms with Crippen LogP contribution in [-0.2, 0) is 4.74 Å². The summed E-state index contributed by atoms with van der Waals surface area (Å²) >= 11 is 0. The maximum atomic E-state index is 4.83. The highest BCUT2D eigenvalue weighted by molar-refractivity contribution is 5.11. The van der Waals surface area contributed by atoms with Crippen molar-refractivity contribution >= 4 is 0 Å². The summed E-state index contributed by atoms with van der Waals surface area (Å²) in [6.45, 7) is 4.75. The van der Waals surface area contributed by atoms with Gasteiger partial charge in [0.25, 0.3) is 0 Å². The summed E-state index contributed by atoms with van der Waals surface area (Å²) in [6.07, 6.45) is 0. The van der Waals surface area contributed by atoms with E-state index in [0.29, 0.717) is 0 Å². The number of hydrogen-bond acceptors (Lipinski definition) is 2. The molecule has 1 heterocycles. The van der Waals surface area contributed by atoms with Gasteiger partial charge in [-0.05, 0) is 6.92 Å². The van der Waals surface area contributed by atoms with Crippen molar-refractivity contribution in [2.75, 3.05) is 19.9 Å². The summed E-state index contributed by atoms with van der Waals surface area (Å²) in [5.41, 5.74) is 1.32. The maximum Gasteiger partial charge on any atom is 0.0966 e. The quantitative estimate of drug-likeness (QED) is 0.630. The SMILES string of the molecule is C1COCN1.Cc1ccccc1. The lowest BCUT2D eigenvalue weighted by atomic mass is 10.2. The first-order valence-electron chi connectivity index (χ1n) is 4.20. The number of ether oxygens (including phenoxy) is 1. The molecule has 2 rings (SSSR count). The van der Waals surface area contributed by atoms with Crippen LogP contribution >= 0.6 is 0 Å². The molecule has 1 aliphatic heterocycles. The Morgan fingerprint density at radius 1 is 1.25 bits per heavy atom. The zero-order valence-corrected chi connectivity index (χ0v) is 7.42. The molecule has 0 saturated carbocycles. The summed E-state index contributed by atoms with van der Waals surface area (Å²) in [6, 6.07) is 10.3. The molecular weight excluding hydrogens is 150 g/mol. The van der Waals surface area contributed by atoms with Crippen molar-refractivity contribution in [1.82, 2.24) is 5.32 Å².